The Kier molecular flexibility index (Phi) is 9.21. The number of hydrogen-bond donors (Lipinski definition) is 1. The molecule has 0 bridgehead atoms. The van der Waals surface area contributed by atoms with Crippen LogP contribution in [0, 0.1) is 0 Å². The van der Waals surface area contributed by atoms with Gasteiger partial charge in [0.15, 0.2) is 28.7 Å². The minimum absolute atomic E-state index is 0.0446. The Morgan fingerprint density at radius 1 is 0.894 bits per heavy atom. The van der Waals surface area contributed by atoms with Crippen molar-refractivity contribution in [3.05, 3.63) is 100 Å². The van der Waals surface area contributed by atoms with Crippen LogP contribution in [0.15, 0.2) is 66.9 Å². The van der Waals surface area contributed by atoms with Gasteiger partial charge in [-0.2, -0.15) is 18.2 Å². The molecule has 1 aromatic heterocycles. The maximum Gasteiger partial charge on any atom is 0.433 e. The van der Waals surface area contributed by atoms with E-state index in [1.165, 1.54) is 12.7 Å². The Hall–Kier alpha value is -4.84. The van der Waals surface area contributed by atoms with E-state index in [-0.39, 0.29) is 30.3 Å². The van der Waals surface area contributed by atoms with Crippen LogP contribution < -0.4 is 24.3 Å². The van der Waals surface area contributed by atoms with E-state index in [0.717, 1.165) is 47.4 Å². The van der Waals surface area contributed by atoms with Crippen LogP contribution >= 0.6 is 0 Å². The van der Waals surface area contributed by atoms with Crippen LogP contribution in [0.4, 0.5) is 13.2 Å². The van der Waals surface area contributed by atoms with E-state index in [9.17, 15) is 18.0 Å². The maximum absolute atomic E-state index is 13.6. The summed E-state index contributed by atoms with van der Waals surface area (Å²) in [7, 11) is 4.60. The molecular weight excluding hydrogens is 613 g/mol. The van der Waals surface area contributed by atoms with Gasteiger partial charge < -0.3 is 24.3 Å². The second-order valence-corrected chi connectivity index (χ2v) is 11.5. The van der Waals surface area contributed by atoms with Gasteiger partial charge in [0.1, 0.15) is 0 Å². The summed E-state index contributed by atoms with van der Waals surface area (Å²) in [5, 5.41) is 3.23. The number of methoxy groups -OCH3 is 3. The minimum atomic E-state index is -4.66. The third-order valence-corrected chi connectivity index (χ3v) is 8.71. The number of aryl methyl sites for hydroxylation is 1. The zero-order valence-corrected chi connectivity index (χ0v) is 26.3. The summed E-state index contributed by atoms with van der Waals surface area (Å²) in [6.07, 6.45) is -0.777. The monoisotopic (exact) mass is 648 g/mol. The number of hydrogen-bond acceptors (Lipinski definition) is 8. The largest absolute Gasteiger partial charge is 0.493 e. The lowest BCUT2D eigenvalue weighted by Crippen LogP contribution is -2.44. The molecule has 2 aliphatic rings. The first-order chi connectivity index (χ1) is 22.7. The normalized spacial score (nSPS) is 17.4. The van der Waals surface area contributed by atoms with Crippen molar-refractivity contribution in [2.75, 3.05) is 34.4 Å². The summed E-state index contributed by atoms with van der Waals surface area (Å²) >= 11 is 0. The summed E-state index contributed by atoms with van der Waals surface area (Å²) in [4.78, 5) is 23.1. The molecule has 2 heterocycles. The van der Waals surface area contributed by atoms with Crippen molar-refractivity contribution in [3.8, 4) is 29.0 Å². The molecule has 6 rings (SSSR count). The average molecular weight is 649 g/mol. The molecule has 246 valence electrons. The minimum Gasteiger partial charge on any atom is -0.493 e. The first-order valence-electron chi connectivity index (χ1n) is 15.3. The molecule has 0 spiro atoms. The number of halogens is 3. The number of nitrogens with zero attached hydrogens (tertiary/aromatic N) is 3. The summed E-state index contributed by atoms with van der Waals surface area (Å²) in [5.74, 6) is 1.58. The van der Waals surface area contributed by atoms with Gasteiger partial charge in [0, 0.05) is 18.8 Å². The number of carbonyl (C=O) groups is 1. The molecule has 2 unspecified atom stereocenters. The molecule has 0 fully saturated rings. The maximum atomic E-state index is 13.6. The molecule has 12 heteroatoms. The van der Waals surface area contributed by atoms with Gasteiger partial charge in [-0.05, 0) is 83.8 Å². The van der Waals surface area contributed by atoms with E-state index < -0.39 is 17.9 Å². The molecule has 1 aliphatic carbocycles. The van der Waals surface area contributed by atoms with E-state index in [0.29, 0.717) is 36.6 Å². The highest BCUT2D eigenvalue weighted by Crippen LogP contribution is 2.42. The van der Waals surface area contributed by atoms with Crippen molar-refractivity contribution in [2.24, 2.45) is 0 Å². The Morgan fingerprint density at radius 2 is 1.66 bits per heavy atom. The van der Waals surface area contributed by atoms with E-state index in [1.54, 1.807) is 20.3 Å². The van der Waals surface area contributed by atoms with E-state index in [2.05, 4.69) is 32.3 Å². The summed E-state index contributed by atoms with van der Waals surface area (Å²) in [6.45, 7) is 0.745. The number of rotatable bonds is 10. The van der Waals surface area contributed by atoms with Gasteiger partial charge in [0.25, 0.3) is 0 Å². The van der Waals surface area contributed by atoms with E-state index in [4.69, 9.17) is 18.9 Å². The number of aromatic nitrogens is 2. The van der Waals surface area contributed by atoms with Gasteiger partial charge in [0.05, 0.1) is 33.9 Å². The molecule has 47 heavy (non-hydrogen) atoms. The van der Waals surface area contributed by atoms with Crippen molar-refractivity contribution in [3.63, 3.8) is 0 Å². The highest BCUT2D eigenvalue weighted by Gasteiger charge is 2.34. The van der Waals surface area contributed by atoms with Crippen LogP contribution in [0.1, 0.15) is 52.0 Å². The quantitative estimate of drug-likeness (QED) is 0.216. The zero-order chi connectivity index (χ0) is 33.1. The van der Waals surface area contributed by atoms with Crippen LogP contribution in [0.25, 0.3) is 0 Å². The van der Waals surface area contributed by atoms with Gasteiger partial charge in [-0.1, -0.05) is 30.3 Å². The van der Waals surface area contributed by atoms with Gasteiger partial charge in [-0.3, -0.25) is 9.69 Å². The van der Waals surface area contributed by atoms with Gasteiger partial charge in [-0.15, -0.1) is 0 Å². The van der Waals surface area contributed by atoms with Gasteiger partial charge in [-0.25, -0.2) is 4.98 Å². The smallest absolute Gasteiger partial charge is 0.433 e. The van der Waals surface area contributed by atoms with Crippen LogP contribution in [0.5, 0.6) is 29.0 Å². The number of benzene rings is 3. The molecule has 3 aromatic carbocycles. The van der Waals surface area contributed by atoms with Crippen molar-refractivity contribution >= 4 is 5.91 Å². The van der Waals surface area contributed by atoms with Gasteiger partial charge in [0.2, 0.25) is 5.91 Å². The second-order valence-electron chi connectivity index (χ2n) is 11.5. The third-order valence-electron chi connectivity index (χ3n) is 8.71. The topological polar surface area (TPSA) is 95.0 Å². The summed E-state index contributed by atoms with van der Waals surface area (Å²) in [5.41, 5.74) is 4.06. The predicted octanol–water partition coefficient (Wildman–Crippen LogP) is 6.26. The molecule has 9 nitrogen and oxygen atoms in total. The predicted molar refractivity (Wildman–Crippen MR) is 167 cm³/mol. The Balaban J connectivity index is 1.33. The summed E-state index contributed by atoms with van der Waals surface area (Å²) < 4.78 is 62.5. The van der Waals surface area contributed by atoms with E-state index >= 15 is 0 Å². The molecule has 0 saturated carbocycles. The molecule has 4 aromatic rings. The summed E-state index contributed by atoms with van der Waals surface area (Å²) in [6, 6.07) is 17.4. The molecule has 1 amide bonds. The number of carbonyl (C=O) groups excluding carboxylic acids is 1. The zero-order valence-electron chi connectivity index (χ0n) is 26.3. The number of nitrogens with one attached hydrogen (secondary N) is 1. The Bertz CT molecular complexity index is 1770. The number of alkyl halides is 3. The fraction of sp³-hybridized carbons (Fsp3) is 0.343. The fourth-order valence-corrected chi connectivity index (χ4v) is 6.44. The molecule has 2 atom stereocenters. The van der Waals surface area contributed by atoms with Crippen molar-refractivity contribution in [1.29, 1.82) is 0 Å². The van der Waals surface area contributed by atoms with Gasteiger partial charge >= 0.3 is 12.2 Å². The highest BCUT2D eigenvalue weighted by molar-refractivity contribution is 5.79. The molecule has 1 N–H and O–H groups in total. The van der Waals surface area contributed by atoms with Crippen LogP contribution in [0.3, 0.4) is 0 Å². The lowest BCUT2D eigenvalue weighted by molar-refractivity contribution is -0.141. The fourth-order valence-electron chi connectivity index (χ4n) is 6.44. The van der Waals surface area contributed by atoms with Crippen LogP contribution in [-0.2, 0) is 30.2 Å². The molecule has 1 aliphatic heterocycles. The molecular formula is C35H35F3N4O5. The number of amides is 1. The molecule has 0 radical (unpaired) electrons. The SMILES string of the molecule is COc1ccc(CC2c3cc(Oc4nccc(C(F)(F)F)n4)c(OC)cc3CCN2CC(=O)NC2CCc3ccccc32)cc1OC. The first-order valence-corrected chi connectivity index (χ1v) is 15.3. The van der Waals surface area contributed by atoms with Crippen LogP contribution in [0.2, 0.25) is 0 Å². The highest BCUT2D eigenvalue weighted by atomic mass is 19.4. The number of ether oxygens (including phenoxy) is 4. The molecule has 0 saturated heterocycles. The third kappa shape index (κ3) is 6.97. The van der Waals surface area contributed by atoms with Crippen LogP contribution in [-0.4, -0.2) is 55.2 Å². The number of fused-ring (bicyclic) bond motifs is 2. The Morgan fingerprint density at radius 3 is 2.43 bits per heavy atom. The first kappa shape index (κ1) is 32.1. The average Bonchev–Trinajstić information content (AvgIpc) is 3.47. The lowest BCUT2D eigenvalue weighted by Gasteiger charge is -2.38. The second kappa shape index (κ2) is 13.5. The van der Waals surface area contributed by atoms with E-state index in [1.807, 2.05) is 36.4 Å². The Labute approximate surface area is 270 Å². The van der Waals surface area contributed by atoms with Crippen molar-refractivity contribution < 1.29 is 36.9 Å². The standard InChI is InChI=1S/C35H35F3N4O5/c1-44-28-11-8-21(17-29(28)45-2)16-27-25-19-31(47-34-39-14-12-32(41-34)35(36,37)38)30(46-3)18-23(25)13-15-42(27)20-33(43)40-26-10-9-22-6-4-5-7-24(22)26/h4-8,11-12,14,17-19,26-27H,9-10,13,15-16,20H2,1-3H3,(H,40,43). The van der Waals surface area contributed by atoms with Crippen molar-refractivity contribution in [1.82, 2.24) is 20.2 Å². The lowest BCUT2D eigenvalue weighted by atomic mass is 9.88. The van der Waals surface area contributed by atoms with Crippen molar-refractivity contribution in [2.45, 2.75) is 43.9 Å².